The first-order chi connectivity index (χ1) is 6.84. The van der Waals surface area contributed by atoms with Gasteiger partial charge in [-0.15, -0.1) is 0 Å². The highest BCUT2D eigenvalue weighted by molar-refractivity contribution is 9.10. The van der Waals surface area contributed by atoms with E-state index in [0.717, 1.165) is 23.5 Å². The fourth-order valence-corrected chi connectivity index (χ4v) is 2.47. The molecule has 2 unspecified atom stereocenters. The molecular formula is C10H11BrN2O. The molecule has 2 bridgehead atoms. The van der Waals surface area contributed by atoms with E-state index in [4.69, 9.17) is 4.74 Å². The third kappa shape index (κ3) is 1.25. The fraction of sp³-hybridized carbons (Fsp3) is 0.500. The van der Waals surface area contributed by atoms with Crippen LogP contribution in [0.25, 0.3) is 0 Å². The fourth-order valence-electron chi connectivity index (χ4n) is 2.23. The van der Waals surface area contributed by atoms with E-state index in [-0.39, 0.29) is 0 Å². The number of aromatic nitrogens is 1. The quantitative estimate of drug-likeness (QED) is 0.765. The minimum absolute atomic E-state index is 0.558. The number of pyridine rings is 1. The standard InChI is InChI=1S/C10H11BrN2O/c11-7-1-2-10(12-4-7)13-8-3-9(13)6-14-5-8/h1-2,4,8-9H,3,5-6H2. The van der Waals surface area contributed by atoms with Gasteiger partial charge in [-0.1, -0.05) is 0 Å². The summed E-state index contributed by atoms with van der Waals surface area (Å²) < 4.78 is 6.46. The van der Waals surface area contributed by atoms with Gasteiger partial charge < -0.3 is 9.64 Å². The molecule has 3 rings (SSSR count). The average Bonchev–Trinajstić information content (AvgIpc) is 2.22. The van der Waals surface area contributed by atoms with Crippen molar-refractivity contribution >= 4 is 21.7 Å². The Morgan fingerprint density at radius 3 is 2.71 bits per heavy atom. The highest BCUT2D eigenvalue weighted by Gasteiger charge is 2.42. The predicted octanol–water partition coefficient (Wildman–Crippen LogP) is 1.82. The van der Waals surface area contributed by atoms with Crippen LogP contribution in [0.2, 0.25) is 0 Å². The van der Waals surface area contributed by atoms with Crippen molar-refractivity contribution in [3.05, 3.63) is 22.8 Å². The Morgan fingerprint density at radius 2 is 2.14 bits per heavy atom. The molecule has 1 aromatic rings. The first kappa shape index (κ1) is 8.68. The van der Waals surface area contributed by atoms with Crippen LogP contribution in [0.1, 0.15) is 6.42 Å². The highest BCUT2D eigenvalue weighted by Crippen LogP contribution is 2.34. The number of halogens is 1. The molecule has 14 heavy (non-hydrogen) atoms. The van der Waals surface area contributed by atoms with E-state index >= 15 is 0 Å². The molecule has 0 aliphatic carbocycles. The lowest BCUT2D eigenvalue weighted by Crippen LogP contribution is -2.64. The molecule has 0 N–H and O–H groups in total. The van der Waals surface area contributed by atoms with Crippen LogP contribution in [-0.4, -0.2) is 30.3 Å². The SMILES string of the molecule is Brc1ccc(N2C3COCC2C3)nc1. The van der Waals surface area contributed by atoms with Crippen molar-refractivity contribution < 1.29 is 4.74 Å². The van der Waals surface area contributed by atoms with Crippen molar-refractivity contribution in [1.29, 1.82) is 0 Å². The lowest BCUT2D eigenvalue weighted by atomic mass is 9.91. The van der Waals surface area contributed by atoms with Crippen LogP contribution in [0.4, 0.5) is 5.82 Å². The van der Waals surface area contributed by atoms with Crippen LogP contribution in [0.3, 0.4) is 0 Å². The first-order valence-corrected chi connectivity index (χ1v) is 5.61. The zero-order valence-corrected chi connectivity index (χ0v) is 9.27. The first-order valence-electron chi connectivity index (χ1n) is 4.82. The van der Waals surface area contributed by atoms with Gasteiger partial charge in [-0.25, -0.2) is 4.98 Å². The molecule has 3 nitrogen and oxygen atoms in total. The zero-order chi connectivity index (χ0) is 9.54. The van der Waals surface area contributed by atoms with E-state index in [9.17, 15) is 0 Å². The summed E-state index contributed by atoms with van der Waals surface area (Å²) in [6, 6.07) is 5.22. The summed E-state index contributed by atoms with van der Waals surface area (Å²) in [4.78, 5) is 6.78. The summed E-state index contributed by atoms with van der Waals surface area (Å²) in [5.41, 5.74) is 0. The van der Waals surface area contributed by atoms with Gasteiger partial charge >= 0.3 is 0 Å². The number of nitrogens with zero attached hydrogens (tertiary/aromatic N) is 2. The zero-order valence-electron chi connectivity index (χ0n) is 7.69. The van der Waals surface area contributed by atoms with Gasteiger partial charge in [0.25, 0.3) is 0 Å². The van der Waals surface area contributed by atoms with Crippen molar-refractivity contribution in [2.75, 3.05) is 18.1 Å². The molecule has 0 aromatic carbocycles. The van der Waals surface area contributed by atoms with Gasteiger partial charge in [0.1, 0.15) is 5.82 Å². The van der Waals surface area contributed by atoms with Crippen molar-refractivity contribution in [3.63, 3.8) is 0 Å². The highest BCUT2D eigenvalue weighted by atomic mass is 79.9. The third-order valence-corrected chi connectivity index (χ3v) is 3.40. The Kier molecular flexibility index (Phi) is 1.99. The van der Waals surface area contributed by atoms with E-state index in [0.29, 0.717) is 12.1 Å². The number of hydrogen-bond acceptors (Lipinski definition) is 3. The summed E-state index contributed by atoms with van der Waals surface area (Å²) >= 11 is 3.39. The maximum absolute atomic E-state index is 5.43. The molecule has 2 fully saturated rings. The maximum atomic E-state index is 5.43. The molecule has 0 amide bonds. The molecule has 2 aliphatic heterocycles. The summed E-state index contributed by atoms with van der Waals surface area (Å²) in [5, 5.41) is 0. The molecule has 74 valence electrons. The number of anilines is 1. The van der Waals surface area contributed by atoms with Crippen LogP contribution in [0.5, 0.6) is 0 Å². The number of rotatable bonds is 1. The summed E-state index contributed by atoms with van der Waals surface area (Å²) in [7, 11) is 0. The Hall–Kier alpha value is -0.610. The van der Waals surface area contributed by atoms with Crippen LogP contribution in [-0.2, 0) is 4.74 Å². The molecule has 1 aromatic heterocycles. The Balaban J connectivity index is 1.86. The van der Waals surface area contributed by atoms with Crippen LogP contribution in [0, 0.1) is 0 Å². The Morgan fingerprint density at radius 1 is 1.36 bits per heavy atom. The normalized spacial score (nSPS) is 29.9. The van der Waals surface area contributed by atoms with E-state index in [1.807, 2.05) is 12.3 Å². The van der Waals surface area contributed by atoms with E-state index < -0.39 is 0 Å². The second-order valence-corrected chi connectivity index (χ2v) is 4.74. The minimum atomic E-state index is 0.558. The van der Waals surface area contributed by atoms with Gasteiger partial charge in [-0.2, -0.15) is 0 Å². The van der Waals surface area contributed by atoms with Gasteiger partial charge in [0, 0.05) is 10.7 Å². The smallest absolute Gasteiger partial charge is 0.129 e. The second kappa shape index (κ2) is 3.21. The van der Waals surface area contributed by atoms with Gasteiger partial charge in [-0.05, 0) is 34.5 Å². The van der Waals surface area contributed by atoms with E-state index in [1.165, 1.54) is 6.42 Å². The van der Waals surface area contributed by atoms with Crippen LogP contribution in [0.15, 0.2) is 22.8 Å². The molecule has 0 radical (unpaired) electrons. The topological polar surface area (TPSA) is 25.4 Å². The number of ether oxygens (including phenoxy) is 1. The Bertz CT molecular complexity index is 326. The van der Waals surface area contributed by atoms with Gasteiger partial charge in [0.05, 0.1) is 25.3 Å². The molecule has 0 saturated carbocycles. The number of fused-ring (bicyclic) bond motifs is 2. The predicted molar refractivity (Wildman–Crippen MR) is 57.4 cm³/mol. The van der Waals surface area contributed by atoms with Gasteiger partial charge in [0.15, 0.2) is 0 Å². The minimum Gasteiger partial charge on any atom is -0.377 e. The van der Waals surface area contributed by atoms with Crippen LogP contribution < -0.4 is 4.90 Å². The largest absolute Gasteiger partial charge is 0.377 e. The molecule has 2 aliphatic rings. The summed E-state index contributed by atoms with van der Waals surface area (Å²) in [6.45, 7) is 1.71. The maximum Gasteiger partial charge on any atom is 0.129 e. The molecule has 0 spiro atoms. The monoisotopic (exact) mass is 254 g/mol. The molecule has 3 heterocycles. The van der Waals surface area contributed by atoms with Gasteiger partial charge in [0.2, 0.25) is 0 Å². The Labute approximate surface area is 91.2 Å². The summed E-state index contributed by atoms with van der Waals surface area (Å²) in [6.07, 6.45) is 3.11. The van der Waals surface area contributed by atoms with Crippen molar-refractivity contribution in [2.24, 2.45) is 0 Å². The number of hydrogen-bond donors (Lipinski definition) is 0. The molecular weight excluding hydrogens is 244 g/mol. The molecule has 4 heteroatoms. The average molecular weight is 255 g/mol. The molecule has 2 saturated heterocycles. The third-order valence-electron chi connectivity index (χ3n) is 2.93. The summed E-state index contributed by atoms with van der Waals surface area (Å²) in [5.74, 6) is 1.08. The molecule has 2 atom stereocenters. The van der Waals surface area contributed by atoms with Gasteiger partial charge in [-0.3, -0.25) is 0 Å². The number of morpholine rings is 1. The van der Waals surface area contributed by atoms with Crippen molar-refractivity contribution in [2.45, 2.75) is 18.5 Å². The second-order valence-electron chi connectivity index (χ2n) is 3.82. The van der Waals surface area contributed by atoms with Crippen LogP contribution >= 0.6 is 15.9 Å². The lowest BCUT2D eigenvalue weighted by Gasteiger charge is -2.53. The van der Waals surface area contributed by atoms with Crippen molar-refractivity contribution in [1.82, 2.24) is 4.98 Å². The van der Waals surface area contributed by atoms with E-state index in [2.05, 4.69) is 31.9 Å². The lowest BCUT2D eigenvalue weighted by molar-refractivity contribution is 0.00970. The van der Waals surface area contributed by atoms with E-state index in [1.54, 1.807) is 0 Å². The van der Waals surface area contributed by atoms with Crippen molar-refractivity contribution in [3.8, 4) is 0 Å².